The Labute approximate surface area is 141 Å². The van der Waals surface area contributed by atoms with Gasteiger partial charge in [-0.25, -0.2) is 4.79 Å². The zero-order chi connectivity index (χ0) is 17.5. The van der Waals surface area contributed by atoms with Crippen LogP contribution in [0.15, 0.2) is 57.5 Å². The fraction of sp³-hybridized carbons (Fsp3) is 0.350. The second-order valence-electron chi connectivity index (χ2n) is 6.63. The molecule has 1 aromatic carbocycles. The summed E-state index contributed by atoms with van der Waals surface area (Å²) in [6.07, 6.45) is 2.31. The van der Waals surface area contributed by atoms with Crippen LogP contribution in [0.1, 0.15) is 33.3 Å². The van der Waals surface area contributed by atoms with E-state index in [9.17, 15) is 4.79 Å². The SMILES string of the molecule is C=C(O[C@@H]1Cc2c(ccc3ccc(=O)oc23)OC1(C)C)C(C)=CC. The molecule has 1 aromatic heterocycles. The van der Waals surface area contributed by atoms with Crippen LogP contribution in [0.25, 0.3) is 11.0 Å². The molecule has 2 heterocycles. The van der Waals surface area contributed by atoms with Gasteiger partial charge in [-0.15, -0.1) is 0 Å². The molecule has 126 valence electrons. The van der Waals surface area contributed by atoms with Crippen molar-refractivity contribution in [3.05, 3.63) is 64.2 Å². The summed E-state index contributed by atoms with van der Waals surface area (Å²) in [5, 5.41) is 0.874. The molecule has 1 aliphatic heterocycles. The smallest absolute Gasteiger partial charge is 0.336 e. The number of fused-ring (bicyclic) bond motifs is 3. The molecule has 0 spiro atoms. The zero-order valence-corrected chi connectivity index (χ0v) is 14.5. The van der Waals surface area contributed by atoms with Crippen LogP contribution in [0.3, 0.4) is 0 Å². The van der Waals surface area contributed by atoms with E-state index in [2.05, 4.69) is 6.58 Å². The van der Waals surface area contributed by atoms with Gasteiger partial charge in [0.1, 0.15) is 28.8 Å². The van der Waals surface area contributed by atoms with Crippen molar-refractivity contribution in [1.29, 1.82) is 0 Å². The Balaban J connectivity index is 2.04. The number of ether oxygens (including phenoxy) is 2. The molecule has 0 saturated carbocycles. The van der Waals surface area contributed by atoms with Crippen LogP contribution in [-0.2, 0) is 11.2 Å². The predicted octanol–water partition coefficient (Wildman–Crippen LogP) is 4.37. The lowest BCUT2D eigenvalue weighted by Gasteiger charge is -2.40. The van der Waals surface area contributed by atoms with Gasteiger partial charge >= 0.3 is 5.63 Å². The third kappa shape index (κ3) is 2.84. The molecule has 3 rings (SSSR count). The minimum absolute atomic E-state index is 0.233. The molecule has 4 nitrogen and oxygen atoms in total. The fourth-order valence-corrected chi connectivity index (χ4v) is 2.85. The van der Waals surface area contributed by atoms with Gasteiger partial charge in [0.2, 0.25) is 0 Å². The van der Waals surface area contributed by atoms with Gasteiger partial charge in [0, 0.05) is 23.4 Å². The Morgan fingerprint density at radius 3 is 2.75 bits per heavy atom. The van der Waals surface area contributed by atoms with E-state index in [4.69, 9.17) is 13.9 Å². The van der Waals surface area contributed by atoms with Gasteiger partial charge in [-0.05, 0) is 51.5 Å². The zero-order valence-electron chi connectivity index (χ0n) is 14.5. The minimum atomic E-state index is -0.521. The van der Waals surface area contributed by atoms with Gasteiger partial charge in [-0.3, -0.25) is 0 Å². The van der Waals surface area contributed by atoms with E-state index in [1.807, 2.05) is 45.9 Å². The van der Waals surface area contributed by atoms with Crippen LogP contribution in [-0.4, -0.2) is 11.7 Å². The summed E-state index contributed by atoms with van der Waals surface area (Å²) in [4.78, 5) is 11.6. The molecule has 0 amide bonds. The number of allylic oxidation sites excluding steroid dienone is 2. The van der Waals surface area contributed by atoms with E-state index < -0.39 is 5.60 Å². The molecule has 1 aliphatic rings. The van der Waals surface area contributed by atoms with Gasteiger partial charge in [-0.1, -0.05) is 12.7 Å². The summed E-state index contributed by atoms with van der Waals surface area (Å²) in [6, 6.07) is 7.01. The summed E-state index contributed by atoms with van der Waals surface area (Å²) in [7, 11) is 0. The van der Waals surface area contributed by atoms with E-state index >= 15 is 0 Å². The van der Waals surface area contributed by atoms with Crippen molar-refractivity contribution in [3.63, 3.8) is 0 Å². The van der Waals surface area contributed by atoms with Crippen molar-refractivity contribution < 1.29 is 13.9 Å². The van der Waals surface area contributed by atoms with E-state index in [1.165, 1.54) is 6.07 Å². The predicted molar refractivity (Wildman–Crippen MR) is 94.3 cm³/mol. The van der Waals surface area contributed by atoms with Crippen molar-refractivity contribution >= 4 is 11.0 Å². The molecular weight excluding hydrogens is 304 g/mol. The number of rotatable bonds is 3. The van der Waals surface area contributed by atoms with E-state index in [-0.39, 0.29) is 11.7 Å². The molecule has 0 N–H and O–H groups in total. The van der Waals surface area contributed by atoms with Gasteiger partial charge in [0.05, 0.1) is 0 Å². The first-order chi connectivity index (χ1) is 11.3. The standard InChI is InChI=1S/C20H22O4/c1-6-12(2)13(3)22-17-11-15-16(24-20(17,4)5)9-7-14-8-10-18(21)23-19(14)15/h6-10,17H,3,11H2,1-2,4-5H3/t17-/m1/s1. The maximum atomic E-state index is 11.6. The van der Waals surface area contributed by atoms with Crippen LogP contribution in [0.5, 0.6) is 5.75 Å². The second-order valence-corrected chi connectivity index (χ2v) is 6.63. The lowest BCUT2D eigenvalue weighted by Crippen LogP contribution is -2.47. The summed E-state index contributed by atoms with van der Waals surface area (Å²) in [5.74, 6) is 1.36. The average Bonchev–Trinajstić information content (AvgIpc) is 2.54. The molecular formula is C20H22O4. The molecule has 0 bridgehead atoms. The number of hydrogen-bond acceptors (Lipinski definition) is 4. The lowest BCUT2D eigenvalue weighted by atomic mass is 9.90. The number of hydrogen-bond donors (Lipinski definition) is 0. The Morgan fingerprint density at radius 2 is 2.04 bits per heavy atom. The number of benzene rings is 1. The van der Waals surface area contributed by atoms with E-state index in [1.54, 1.807) is 6.07 Å². The highest BCUT2D eigenvalue weighted by Gasteiger charge is 2.40. The highest BCUT2D eigenvalue weighted by atomic mass is 16.6. The third-order valence-corrected chi connectivity index (χ3v) is 4.54. The molecule has 0 unspecified atom stereocenters. The molecule has 0 saturated heterocycles. The van der Waals surface area contributed by atoms with Gasteiger partial charge in [0.15, 0.2) is 0 Å². The molecule has 2 aromatic rings. The Bertz CT molecular complexity index is 886. The van der Waals surface area contributed by atoms with Crippen LogP contribution in [0.4, 0.5) is 0 Å². The maximum absolute atomic E-state index is 11.6. The second kappa shape index (κ2) is 5.86. The average molecular weight is 326 g/mol. The topological polar surface area (TPSA) is 48.7 Å². The monoisotopic (exact) mass is 326 g/mol. The maximum Gasteiger partial charge on any atom is 0.336 e. The highest BCUT2D eigenvalue weighted by Crippen LogP contribution is 2.39. The van der Waals surface area contributed by atoms with Crippen molar-refractivity contribution in [1.82, 2.24) is 0 Å². The van der Waals surface area contributed by atoms with Gasteiger partial charge in [-0.2, -0.15) is 0 Å². The molecule has 0 aliphatic carbocycles. The molecule has 0 radical (unpaired) electrons. The van der Waals surface area contributed by atoms with Crippen molar-refractivity contribution in [2.45, 2.75) is 45.8 Å². The molecule has 4 heteroatoms. The third-order valence-electron chi connectivity index (χ3n) is 4.54. The summed E-state index contributed by atoms with van der Waals surface area (Å²) < 4.78 is 17.7. The van der Waals surface area contributed by atoms with Crippen molar-refractivity contribution in [2.75, 3.05) is 0 Å². The van der Waals surface area contributed by atoms with Crippen LogP contribution >= 0.6 is 0 Å². The van der Waals surface area contributed by atoms with Crippen LogP contribution < -0.4 is 10.4 Å². The minimum Gasteiger partial charge on any atom is -0.486 e. The van der Waals surface area contributed by atoms with Crippen molar-refractivity contribution in [2.24, 2.45) is 0 Å². The first-order valence-electron chi connectivity index (χ1n) is 8.05. The summed E-state index contributed by atoms with van der Waals surface area (Å²) in [6.45, 7) is 11.9. The molecule has 0 fully saturated rings. The first kappa shape index (κ1) is 16.4. The van der Waals surface area contributed by atoms with E-state index in [0.29, 0.717) is 17.8 Å². The Hall–Kier alpha value is -2.49. The Morgan fingerprint density at radius 1 is 1.33 bits per heavy atom. The largest absolute Gasteiger partial charge is 0.486 e. The fourth-order valence-electron chi connectivity index (χ4n) is 2.85. The highest BCUT2D eigenvalue weighted by molar-refractivity contribution is 5.82. The molecule has 1 atom stereocenters. The lowest BCUT2D eigenvalue weighted by molar-refractivity contribution is -0.0555. The van der Waals surface area contributed by atoms with Crippen LogP contribution in [0, 0.1) is 0 Å². The van der Waals surface area contributed by atoms with Gasteiger partial charge < -0.3 is 13.9 Å². The molecule has 24 heavy (non-hydrogen) atoms. The van der Waals surface area contributed by atoms with Crippen molar-refractivity contribution in [3.8, 4) is 5.75 Å². The van der Waals surface area contributed by atoms with Crippen LogP contribution in [0.2, 0.25) is 0 Å². The first-order valence-corrected chi connectivity index (χ1v) is 8.05. The van der Waals surface area contributed by atoms with E-state index in [0.717, 1.165) is 22.3 Å². The summed E-state index contributed by atoms with van der Waals surface area (Å²) in [5.41, 5.74) is 1.53. The summed E-state index contributed by atoms with van der Waals surface area (Å²) >= 11 is 0. The normalized spacial score (nSPS) is 19.5. The van der Waals surface area contributed by atoms with Gasteiger partial charge in [0.25, 0.3) is 0 Å². The Kier molecular flexibility index (Phi) is 3.99. The quantitative estimate of drug-likeness (QED) is 0.477.